The Kier molecular flexibility index (Phi) is 11.6. The van der Waals surface area contributed by atoms with E-state index in [4.69, 9.17) is 0 Å². The molecule has 3 rings (SSSR count). The molecule has 0 aromatic heterocycles. The molecule has 2 aliphatic rings. The van der Waals surface area contributed by atoms with Crippen molar-refractivity contribution in [3.05, 3.63) is 23.8 Å². The van der Waals surface area contributed by atoms with Crippen molar-refractivity contribution in [3.63, 3.8) is 0 Å². The van der Waals surface area contributed by atoms with E-state index in [9.17, 15) is 33.0 Å². The van der Waals surface area contributed by atoms with Crippen molar-refractivity contribution in [2.24, 2.45) is 11.8 Å². The normalized spacial score (nSPS) is 18.8. The van der Waals surface area contributed by atoms with Crippen LogP contribution in [0.2, 0.25) is 0 Å². The SMILES string of the molecule is CCC(CC)CC1(O)CCN(C(=O)Nc2cc(NC(=O)N3CCC(O)(CC(CC)CC)CC3)cc(C(F)(F)F)c2)CC1. The van der Waals surface area contributed by atoms with Crippen molar-refractivity contribution in [3.8, 4) is 0 Å². The number of carbonyl (C=O) groups is 2. The Balaban J connectivity index is 1.64. The molecule has 0 saturated carbocycles. The van der Waals surface area contributed by atoms with Crippen molar-refractivity contribution in [2.45, 2.75) is 109 Å². The van der Waals surface area contributed by atoms with Gasteiger partial charge >= 0.3 is 18.2 Å². The molecule has 4 N–H and O–H groups in total. The lowest BCUT2D eigenvalue weighted by Gasteiger charge is -2.40. The zero-order valence-electron chi connectivity index (χ0n) is 25.5. The predicted octanol–water partition coefficient (Wildman–Crippen LogP) is 7.08. The molecular formula is C31H49F3N4O4. The fraction of sp³-hybridized carbons (Fsp3) is 0.742. The first-order valence-corrected chi connectivity index (χ1v) is 15.5. The Hall–Kier alpha value is -2.53. The number of amides is 4. The molecule has 0 atom stereocenters. The number of piperidine rings is 2. The zero-order valence-corrected chi connectivity index (χ0v) is 25.5. The second-order valence-corrected chi connectivity index (χ2v) is 12.4. The van der Waals surface area contributed by atoms with Gasteiger partial charge in [-0.05, 0) is 68.6 Å². The van der Waals surface area contributed by atoms with Crippen molar-refractivity contribution in [1.82, 2.24) is 9.80 Å². The van der Waals surface area contributed by atoms with Crippen LogP contribution >= 0.6 is 0 Å². The van der Waals surface area contributed by atoms with Crippen LogP contribution in [0.3, 0.4) is 0 Å². The first-order valence-electron chi connectivity index (χ1n) is 15.5. The number of nitrogens with one attached hydrogen (secondary N) is 2. The van der Waals surface area contributed by atoms with Crippen LogP contribution in [0.25, 0.3) is 0 Å². The van der Waals surface area contributed by atoms with Gasteiger partial charge < -0.3 is 30.6 Å². The maximum atomic E-state index is 13.7. The van der Waals surface area contributed by atoms with Crippen LogP contribution in [0, 0.1) is 11.8 Å². The Bertz CT molecular complexity index is 971. The molecule has 2 saturated heterocycles. The number of halogens is 3. The largest absolute Gasteiger partial charge is 0.416 e. The monoisotopic (exact) mass is 598 g/mol. The van der Waals surface area contributed by atoms with E-state index >= 15 is 0 Å². The topological polar surface area (TPSA) is 105 Å². The molecule has 4 amide bonds. The first kappa shape index (κ1) is 34.0. The Labute approximate surface area is 248 Å². The Morgan fingerprint density at radius 3 is 1.36 bits per heavy atom. The first-order chi connectivity index (χ1) is 19.7. The molecule has 2 aliphatic heterocycles. The molecule has 0 aliphatic carbocycles. The third-order valence-electron chi connectivity index (χ3n) is 9.37. The van der Waals surface area contributed by atoms with Gasteiger partial charge in [-0.3, -0.25) is 0 Å². The molecule has 1 aromatic rings. The van der Waals surface area contributed by atoms with E-state index in [1.54, 1.807) is 0 Å². The van der Waals surface area contributed by atoms with Gasteiger partial charge in [0.15, 0.2) is 0 Å². The predicted molar refractivity (Wildman–Crippen MR) is 158 cm³/mol. The van der Waals surface area contributed by atoms with Gasteiger partial charge in [-0.2, -0.15) is 13.2 Å². The number of urea groups is 2. The summed E-state index contributed by atoms with van der Waals surface area (Å²) in [6.45, 7) is 9.55. The summed E-state index contributed by atoms with van der Waals surface area (Å²) >= 11 is 0. The van der Waals surface area contributed by atoms with Gasteiger partial charge in [-0.15, -0.1) is 0 Å². The number of carbonyl (C=O) groups excluding carboxylic acids is 2. The number of hydrogen-bond acceptors (Lipinski definition) is 4. The summed E-state index contributed by atoms with van der Waals surface area (Å²) in [5.41, 5.74) is -2.85. The molecular weight excluding hydrogens is 549 g/mol. The number of anilines is 2. The van der Waals surface area contributed by atoms with Crippen molar-refractivity contribution >= 4 is 23.4 Å². The van der Waals surface area contributed by atoms with Crippen molar-refractivity contribution in [1.29, 1.82) is 0 Å². The van der Waals surface area contributed by atoms with Crippen LogP contribution < -0.4 is 10.6 Å². The van der Waals surface area contributed by atoms with E-state index in [-0.39, 0.29) is 11.4 Å². The van der Waals surface area contributed by atoms with Gasteiger partial charge in [0.1, 0.15) is 0 Å². The fourth-order valence-electron chi connectivity index (χ4n) is 6.23. The van der Waals surface area contributed by atoms with E-state index in [0.29, 0.717) is 76.5 Å². The number of nitrogens with zero attached hydrogens (tertiary/aromatic N) is 2. The summed E-state index contributed by atoms with van der Waals surface area (Å²) in [6.07, 6.45) is 2.14. The summed E-state index contributed by atoms with van der Waals surface area (Å²) in [6, 6.07) is 1.90. The fourth-order valence-corrected chi connectivity index (χ4v) is 6.23. The third kappa shape index (κ3) is 9.23. The van der Waals surface area contributed by atoms with E-state index in [0.717, 1.165) is 37.8 Å². The van der Waals surface area contributed by atoms with E-state index < -0.39 is 35.0 Å². The molecule has 8 nitrogen and oxygen atoms in total. The van der Waals surface area contributed by atoms with Crippen LogP contribution in [-0.4, -0.2) is 69.5 Å². The second kappa shape index (κ2) is 14.3. The van der Waals surface area contributed by atoms with Crippen molar-refractivity contribution < 1.29 is 33.0 Å². The van der Waals surface area contributed by atoms with Crippen LogP contribution in [0.1, 0.15) is 97.5 Å². The molecule has 0 spiro atoms. The van der Waals surface area contributed by atoms with Crippen LogP contribution in [0.5, 0.6) is 0 Å². The number of rotatable bonds is 10. The molecule has 238 valence electrons. The van der Waals surface area contributed by atoms with Gasteiger partial charge in [0, 0.05) is 37.6 Å². The van der Waals surface area contributed by atoms with Gasteiger partial charge in [0.25, 0.3) is 0 Å². The van der Waals surface area contributed by atoms with Crippen LogP contribution in [0.15, 0.2) is 18.2 Å². The van der Waals surface area contributed by atoms with Gasteiger partial charge in [0.2, 0.25) is 0 Å². The molecule has 2 fully saturated rings. The summed E-state index contributed by atoms with van der Waals surface area (Å²) < 4.78 is 41.2. The van der Waals surface area contributed by atoms with E-state index in [2.05, 4.69) is 38.3 Å². The molecule has 0 unspecified atom stereocenters. The molecule has 2 heterocycles. The smallest absolute Gasteiger partial charge is 0.390 e. The van der Waals surface area contributed by atoms with Crippen LogP contribution in [0.4, 0.5) is 34.1 Å². The summed E-state index contributed by atoms with van der Waals surface area (Å²) in [5, 5.41) is 27.1. The number of hydrogen-bond donors (Lipinski definition) is 4. The Morgan fingerprint density at radius 1 is 0.738 bits per heavy atom. The minimum absolute atomic E-state index is 0.0822. The van der Waals surface area contributed by atoms with E-state index in [1.807, 2.05) is 0 Å². The summed E-state index contributed by atoms with van der Waals surface area (Å²) in [5.74, 6) is 0.805. The molecule has 1 aromatic carbocycles. The van der Waals surface area contributed by atoms with E-state index in [1.165, 1.54) is 15.9 Å². The summed E-state index contributed by atoms with van der Waals surface area (Å²) in [4.78, 5) is 28.9. The average Bonchev–Trinajstić information content (AvgIpc) is 2.94. The van der Waals surface area contributed by atoms with Crippen LogP contribution in [-0.2, 0) is 6.18 Å². The third-order valence-corrected chi connectivity index (χ3v) is 9.37. The minimum Gasteiger partial charge on any atom is -0.390 e. The maximum Gasteiger partial charge on any atom is 0.416 e. The lowest BCUT2D eigenvalue weighted by molar-refractivity contribution is -0.137. The molecule has 11 heteroatoms. The highest BCUT2D eigenvalue weighted by Crippen LogP contribution is 2.36. The second-order valence-electron chi connectivity index (χ2n) is 12.4. The van der Waals surface area contributed by atoms with Crippen molar-refractivity contribution in [2.75, 3.05) is 36.8 Å². The maximum absolute atomic E-state index is 13.7. The average molecular weight is 599 g/mol. The summed E-state index contributed by atoms with van der Waals surface area (Å²) in [7, 11) is 0. The number of benzene rings is 1. The van der Waals surface area contributed by atoms with Gasteiger partial charge in [0.05, 0.1) is 16.8 Å². The number of likely N-dealkylation sites (tertiary alicyclic amines) is 2. The van der Waals surface area contributed by atoms with Gasteiger partial charge in [-0.25, -0.2) is 9.59 Å². The number of alkyl halides is 3. The zero-order chi connectivity index (χ0) is 31.1. The highest BCUT2D eigenvalue weighted by Gasteiger charge is 2.37. The standard InChI is InChI=1S/C31H49F3N4O4/c1-5-22(6-2)20-29(41)9-13-37(14-10-29)27(39)35-25-17-24(31(32,33)34)18-26(19-25)36-28(40)38-15-11-30(42,12-16-38)21-23(7-3)8-4/h17-19,22-23,41-42H,5-16,20-21H2,1-4H3,(H,35,39)(H,36,40). The molecule has 0 radical (unpaired) electrons. The van der Waals surface area contributed by atoms with Gasteiger partial charge in [-0.1, -0.05) is 53.4 Å². The lowest BCUT2D eigenvalue weighted by atomic mass is 9.81. The Morgan fingerprint density at radius 2 is 1.07 bits per heavy atom. The molecule has 42 heavy (non-hydrogen) atoms. The molecule has 0 bridgehead atoms. The lowest BCUT2D eigenvalue weighted by Crippen LogP contribution is -2.48. The quantitative estimate of drug-likeness (QED) is 0.231. The highest BCUT2D eigenvalue weighted by atomic mass is 19.4. The highest BCUT2D eigenvalue weighted by molar-refractivity contribution is 5.93. The minimum atomic E-state index is -4.69. The number of aliphatic hydroxyl groups is 2.